The molecule has 0 radical (unpaired) electrons. The molecule has 0 aromatic heterocycles. The maximum atomic E-state index is 11.6. The maximum Gasteiger partial charge on any atom is 0.273 e. The van der Waals surface area contributed by atoms with Gasteiger partial charge in [0.15, 0.2) is 0 Å². The second-order valence-electron chi connectivity index (χ2n) is 6.99. The Morgan fingerprint density at radius 1 is 1.18 bits per heavy atom. The van der Waals surface area contributed by atoms with Gasteiger partial charge in [-0.15, -0.1) is 4.91 Å². The molecule has 0 unspecified atom stereocenters. The molecule has 1 fully saturated rings. The molecule has 2 aliphatic heterocycles. The predicted molar refractivity (Wildman–Crippen MR) is 110 cm³/mol. The monoisotopic (exact) mass is 382 g/mol. The van der Waals surface area contributed by atoms with Gasteiger partial charge >= 0.3 is 0 Å². The van der Waals surface area contributed by atoms with Crippen LogP contribution in [0.3, 0.4) is 0 Å². The molecule has 1 N–H and O–H groups in total. The van der Waals surface area contributed by atoms with Gasteiger partial charge in [0.25, 0.3) is 5.91 Å². The number of nitrogens with one attached hydrogen (secondary N) is 1. The summed E-state index contributed by atoms with van der Waals surface area (Å²) in [5.74, 6) is -0.503. The lowest BCUT2D eigenvalue weighted by Gasteiger charge is -2.35. The van der Waals surface area contributed by atoms with E-state index in [0.29, 0.717) is 18.8 Å². The highest BCUT2D eigenvalue weighted by Crippen LogP contribution is 2.15. The smallest absolute Gasteiger partial charge is 0.273 e. The zero-order valence-corrected chi connectivity index (χ0v) is 16.1. The lowest BCUT2D eigenvalue weighted by Crippen LogP contribution is -2.43. The number of carbonyl (C=O) groups excluding carboxylic acids is 1. The number of hydrogen-bond acceptors (Lipinski definition) is 7. The summed E-state index contributed by atoms with van der Waals surface area (Å²) < 4.78 is 0. The van der Waals surface area contributed by atoms with Crippen LogP contribution < -0.4 is 5.43 Å². The van der Waals surface area contributed by atoms with E-state index >= 15 is 0 Å². The van der Waals surface area contributed by atoms with Gasteiger partial charge in [-0.05, 0) is 37.0 Å². The van der Waals surface area contributed by atoms with E-state index in [-0.39, 0.29) is 0 Å². The molecule has 1 amide bonds. The van der Waals surface area contributed by atoms with Gasteiger partial charge in [-0.2, -0.15) is 0 Å². The Hall–Kier alpha value is -3.00. The SMILES string of the molecule is CN1CCN(C2=CC=NCN(Cc3ccc(C(=O)NN=O)cc3)C=CC2)CC1. The van der Waals surface area contributed by atoms with Crippen molar-refractivity contribution in [3.05, 3.63) is 64.3 Å². The number of allylic oxidation sites excluding steroid dienone is 2. The van der Waals surface area contributed by atoms with Crippen molar-refractivity contribution in [2.45, 2.75) is 13.0 Å². The number of piperazine rings is 1. The summed E-state index contributed by atoms with van der Waals surface area (Å²) in [6.07, 6.45) is 9.16. The summed E-state index contributed by atoms with van der Waals surface area (Å²) in [5.41, 5.74) is 4.66. The molecule has 0 saturated carbocycles. The van der Waals surface area contributed by atoms with Crippen molar-refractivity contribution in [3.8, 4) is 0 Å². The van der Waals surface area contributed by atoms with Crippen LogP contribution in [-0.4, -0.2) is 66.7 Å². The highest BCUT2D eigenvalue weighted by Gasteiger charge is 2.15. The van der Waals surface area contributed by atoms with Crippen LogP contribution in [0, 0.1) is 4.91 Å². The van der Waals surface area contributed by atoms with E-state index in [4.69, 9.17) is 0 Å². The minimum atomic E-state index is -0.503. The van der Waals surface area contributed by atoms with E-state index < -0.39 is 5.91 Å². The summed E-state index contributed by atoms with van der Waals surface area (Å²) >= 11 is 0. The molecule has 1 aromatic carbocycles. The van der Waals surface area contributed by atoms with Crippen molar-refractivity contribution in [3.63, 3.8) is 0 Å². The first kappa shape index (κ1) is 19.8. The Bertz CT molecular complexity index is 763. The van der Waals surface area contributed by atoms with Crippen LogP contribution in [0.5, 0.6) is 0 Å². The first-order valence-electron chi connectivity index (χ1n) is 9.40. The second kappa shape index (κ2) is 9.80. The Morgan fingerprint density at radius 2 is 1.93 bits per heavy atom. The number of carbonyl (C=O) groups is 1. The van der Waals surface area contributed by atoms with Crippen molar-refractivity contribution >= 4 is 12.1 Å². The quantitative estimate of drug-likeness (QED) is 0.622. The highest BCUT2D eigenvalue weighted by atomic mass is 16.3. The molecule has 2 heterocycles. The van der Waals surface area contributed by atoms with Crippen molar-refractivity contribution in [1.29, 1.82) is 0 Å². The van der Waals surface area contributed by atoms with E-state index in [2.05, 4.69) is 50.4 Å². The molecule has 3 rings (SSSR count). The third-order valence-corrected chi connectivity index (χ3v) is 4.94. The largest absolute Gasteiger partial charge is 0.372 e. The van der Waals surface area contributed by atoms with E-state index in [0.717, 1.165) is 38.2 Å². The molecule has 1 saturated heterocycles. The molecule has 0 bridgehead atoms. The van der Waals surface area contributed by atoms with Crippen LogP contribution in [0.1, 0.15) is 22.3 Å². The van der Waals surface area contributed by atoms with Gasteiger partial charge in [0.05, 0.1) is 5.29 Å². The van der Waals surface area contributed by atoms with Crippen molar-refractivity contribution in [2.75, 3.05) is 39.9 Å². The van der Waals surface area contributed by atoms with Crippen LogP contribution in [0.25, 0.3) is 0 Å². The van der Waals surface area contributed by atoms with E-state index in [1.165, 1.54) is 5.70 Å². The number of nitrogens with zero attached hydrogens (tertiary/aromatic N) is 5. The van der Waals surface area contributed by atoms with Gasteiger partial charge in [0.1, 0.15) is 6.67 Å². The Kier molecular flexibility index (Phi) is 6.91. The lowest BCUT2D eigenvalue weighted by atomic mass is 10.1. The number of amides is 1. The van der Waals surface area contributed by atoms with Crippen molar-refractivity contribution < 1.29 is 4.79 Å². The third kappa shape index (κ3) is 5.50. The van der Waals surface area contributed by atoms with Crippen molar-refractivity contribution in [2.24, 2.45) is 10.3 Å². The van der Waals surface area contributed by atoms with Gasteiger partial charge in [-0.25, -0.2) is 5.43 Å². The molecule has 2 aliphatic rings. The first-order chi connectivity index (χ1) is 13.7. The average molecular weight is 382 g/mol. The van der Waals surface area contributed by atoms with Crippen molar-refractivity contribution in [1.82, 2.24) is 20.1 Å². The Labute approximate surface area is 165 Å². The van der Waals surface area contributed by atoms with Gasteiger partial charge in [0, 0.05) is 56.6 Å². The topological polar surface area (TPSA) is 80.6 Å². The van der Waals surface area contributed by atoms with Gasteiger partial charge in [0.2, 0.25) is 0 Å². The fraction of sp³-hybridized carbons (Fsp3) is 0.400. The maximum absolute atomic E-state index is 11.6. The Morgan fingerprint density at radius 3 is 2.64 bits per heavy atom. The zero-order valence-electron chi connectivity index (χ0n) is 16.1. The zero-order chi connectivity index (χ0) is 19.8. The molecule has 8 heteroatoms. The van der Waals surface area contributed by atoms with E-state index in [9.17, 15) is 9.70 Å². The summed E-state index contributed by atoms with van der Waals surface area (Å²) in [5, 5.41) is 2.41. The number of rotatable bonds is 5. The number of aliphatic imine (C=N–C) groups is 1. The third-order valence-electron chi connectivity index (χ3n) is 4.94. The first-order valence-corrected chi connectivity index (χ1v) is 9.40. The Balaban J connectivity index is 1.58. The van der Waals surface area contributed by atoms with Gasteiger partial charge in [-0.1, -0.05) is 18.2 Å². The molecule has 0 aliphatic carbocycles. The average Bonchev–Trinajstić information content (AvgIpc) is 2.82. The molecule has 148 valence electrons. The van der Waals surface area contributed by atoms with Gasteiger partial charge in [-0.3, -0.25) is 9.79 Å². The number of hydrogen-bond donors (Lipinski definition) is 1. The fourth-order valence-electron chi connectivity index (χ4n) is 3.26. The van der Waals surface area contributed by atoms with Crippen LogP contribution in [0.15, 0.2) is 58.6 Å². The van der Waals surface area contributed by atoms with E-state index in [1.807, 2.05) is 23.8 Å². The van der Waals surface area contributed by atoms with E-state index in [1.54, 1.807) is 12.1 Å². The van der Waals surface area contributed by atoms with Crippen LogP contribution in [-0.2, 0) is 6.54 Å². The molecule has 1 aromatic rings. The molecule has 28 heavy (non-hydrogen) atoms. The lowest BCUT2D eigenvalue weighted by molar-refractivity contribution is 0.0954. The number of benzene rings is 1. The fourth-order valence-corrected chi connectivity index (χ4v) is 3.26. The highest BCUT2D eigenvalue weighted by molar-refractivity contribution is 5.93. The second-order valence-corrected chi connectivity index (χ2v) is 6.99. The summed E-state index contributed by atoms with van der Waals surface area (Å²) in [6, 6.07) is 7.12. The molecular formula is C20H26N6O2. The predicted octanol–water partition coefficient (Wildman–Crippen LogP) is 1.98. The molecule has 0 atom stereocenters. The number of likely N-dealkylation sites (N-methyl/N-ethyl adjacent to an activating group) is 1. The minimum absolute atomic E-state index is 0.405. The summed E-state index contributed by atoms with van der Waals surface area (Å²) in [4.78, 5) is 33.1. The standard InChI is InChI=1S/C20H26N6O2/c1-24-11-13-26(14-12-24)19-3-2-10-25(16-21-9-8-19)15-17-4-6-18(7-5-17)20(27)22-23-28/h2,4-10H,3,11-16H2,1H3,(H,22,27,28). The molecular weight excluding hydrogens is 356 g/mol. The molecule has 0 spiro atoms. The van der Waals surface area contributed by atoms with Crippen LogP contribution in [0.2, 0.25) is 0 Å². The summed E-state index contributed by atoms with van der Waals surface area (Å²) in [7, 11) is 2.16. The van der Waals surface area contributed by atoms with Crippen LogP contribution in [0.4, 0.5) is 0 Å². The minimum Gasteiger partial charge on any atom is -0.372 e. The van der Waals surface area contributed by atoms with Gasteiger partial charge < -0.3 is 14.7 Å². The number of nitroso groups, excluding NO2 is 1. The normalized spacial score (nSPS) is 18.1. The van der Waals surface area contributed by atoms with Crippen LogP contribution >= 0.6 is 0 Å². The molecule has 8 nitrogen and oxygen atoms in total. The summed E-state index contributed by atoms with van der Waals surface area (Å²) in [6.45, 7) is 5.52.